The fourth-order valence-electron chi connectivity index (χ4n) is 2.15. The highest BCUT2D eigenvalue weighted by Gasteiger charge is 2.12. The maximum absolute atomic E-state index is 11.8. The van der Waals surface area contributed by atoms with Crippen LogP contribution in [0, 0.1) is 0 Å². The molecule has 0 spiro atoms. The van der Waals surface area contributed by atoms with Gasteiger partial charge in [-0.1, -0.05) is 0 Å². The van der Waals surface area contributed by atoms with Crippen molar-refractivity contribution in [2.45, 2.75) is 19.3 Å². The molecule has 19 heavy (non-hydrogen) atoms. The summed E-state index contributed by atoms with van der Waals surface area (Å²) in [6, 6.07) is 0. The summed E-state index contributed by atoms with van der Waals surface area (Å²) in [6.07, 6.45) is 4.30. The van der Waals surface area contributed by atoms with Crippen LogP contribution in [0.1, 0.15) is 18.7 Å². The van der Waals surface area contributed by atoms with Gasteiger partial charge < -0.3 is 10.6 Å². The van der Waals surface area contributed by atoms with Crippen molar-refractivity contribution in [2.24, 2.45) is 0 Å². The van der Waals surface area contributed by atoms with Gasteiger partial charge in [-0.3, -0.25) is 14.8 Å². The Balaban J connectivity index is 1.56. The molecule has 1 aliphatic heterocycles. The Morgan fingerprint density at radius 1 is 1.42 bits per heavy atom. The zero-order chi connectivity index (χ0) is 13.3. The molecule has 106 valence electrons. The number of H-pyrrole nitrogens is 1. The molecule has 0 aromatic carbocycles. The Labute approximate surface area is 113 Å². The molecule has 3 N–H and O–H groups in total. The van der Waals surface area contributed by atoms with Crippen LogP contribution in [-0.2, 0) is 11.2 Å². The zero-order valence-corrected chi connectivity index (χ0v) is 11.2. The normalized spacial score (nSPS) is 17.1. The molecular weight excluding hydrogens is 244 g/mol. The first-order valence-electron chi connectivity index (χ1n) is 6.88. The summed E-state index contributed by atoms with van der Waals surface area (Å²) in [6.45, 7) is 5.16. The highest BCUT2D eigenvalue weighted by molar-refractivity contribution is 5.77. The van der Waals surface area contributed by atoms with Crippen molar-refractivity contribution in [1.82, 2.24) is 30.7 Å². The van der Waals surface area contributed by atoms with Gasteiger partial charge in [-0.05, 0) is 25.9 Å². The van der Waals surface area contributed by atoms with E-state index in [1.54, 1.807) is 0 Å². The van der Waals surface area contributed by atoms with Gasteiger partial charge >= 0.3 is 0 Å². The first-order chi connectivity index (χ1) is 9.34. The van der Waals surface area contributed by atoms with E-state index >= 15 is 0 Å². The van der Waals surface area contributed by atoms with Crippen LogP contribution >= 0.6 is 0 Å². The molecule has 1 aromatic heterocycles. The molecule has 0 saturated carbocycles. The fourth-order valence-corrected chi connectivity index (χ4v) is 2.15. The molecule has 1 amide bonds. The second kappa shape index (κ2) is 7.85. The number of aromatic amines is 1. The highest BCUT2D eigenvalue weighted by Crippen LogP contribution is 1.95. The van der Waals surface area contributed by atoms with Crippen LogP contribution in [0.3, 0.4) is 0 Å². The molecule has 2 heterocycles. The molecule has 7 heteroatoms. The molecule has 1 aliphatic rings. The molecule has 0 aliphatic carbocycles. The van der Waals surface area contributed by atoms with Crippen molar-refractivity contribution in [3.63, 3.8) is 0 Å². The van der Waals surface area contributed by atoms with E-state index in [2.05, 4.69) is 30.7 Å². The Bertz CT molecular complexity index is 358. The van der Waals surface area contributed by atoms with Crippen LogP contribution in [-0.4, -0.2) is 65.3 Å². The molecule has 2 rings (SSSR count). The first kappa shape index (κ1) is 14.0. The smallest absolute Gasteiger partial charge is 0.234 e. The average Bonchev–Trinajstić information content (AvgIpc) is 2.79. The van der Waals surface area contributed by atoms with Crippen LogP contribution < -0.4 is 10.6 Å². The lowest BCUT2D eigenvalue weighted by molar-refractivity contribution is -0.122. The summed E-state index contributed by atoms with van der Waals surface area (Å²) in [7, 11) is 0. The quantitative estimate of drug-likeness (QED) is 0.584. The number of aromatic nitrogens is 3. The molecule has 0 unspecified atom stereocenters. The van der Waals surface area contributed by atoms with Gasteiger partial charge in [0.05, 0.1) is 6.54 Å². The predicted octanol–water partition coefficient (Wildman–Crippen LogP) is -0.851. The largest absolute Gasteiger partial charge is 0.355 e. The number of hydrogen-bond donors (Lipinski definition) is 3. The summed E-state index contributed by atoms with van der Waals surface area (Å²) in [5.74, 6) is 0.979. The third kappa shape index (κ3) is 5.35. The van der Waals surface area contributed by atoms with Gasteiger partial charge in [0.1, 0.15) is 12.2 Å². The van der Waals surface area contributed by atoms with Crippen molar-refractivity contribution in [1.29, 1.82) is 0 Å². The second-order valence-electron chi connectivity index (χ2n) is 4.77. The number of rotatable bonds is 6. The van der Waals surface area contributed by atoms with Gasteiger partial charge in [0.25, 0.3) is 0 Å². The van der Waals surface area contributed by atoms with Crippen molar-refractivity contribution in [3.05, 3.63) is 12.2 Å². The van der Waals surface area contributed by atoms with Crippen LogP contribution in [0.15, 0.2) is 6.33 Å². The van der Waals surface area contributed by atoms with Crippen LogP contribution in [0.4, 0.5) is 0 Å². The number of amides is 1. The molecule has 0 bridgehead atoms. The van der Waals surface area contributed by atoms with Gasteiger partial charge in [-0.25, -0.2) is 4.98 Å². The van der Waals surface area contributed by atoms with Crippen molar-refractivity contribution in [3.8, 4) is 0 Å². The third-order valence-corrected chi connectivity index (χ3v) is 3.18. The van der Waals surface area contributed by atoms with E-state index in [-0.39, 0.29) is 5.91 Å². The lowest BCUT2D eigenvalue weighted by atomic mass is 10.3. The summed E-state index contributed by atoms with van der Waals surface area (Å²) in [5, 5.41) is 12.9. The maximum Gasteiger partial charge on any atom is 0.234 e. The third-order valence-electron chi connectivity index (χ3n) is 3.18. The van der Waals surface area contributed by atoms with Gasteiger partial charge in [0.15, 0.2) is 0 Å². The molecule has 0 radical (unpaired) electrons. The minimum absolute atomic E-state index is 0.111. The Hall–Kier alpha value is -1.47. The van der Waals surface area contributed by atoms with Crippen molar-refractivity contribution >= 4 is 5.91 Å². The fraction of sp³-hybridized carbons (Fsp3) is 0.750. The minimum atomic E-state index is 0.111. The zero-order valence-electron chi connectivity index (χ0n) is 11.2. The average molecular weight is 266 g/mol. The Morgan fingerprint density at radius 2 is 2.37 bits per heavy atom. The number of aryl methyl sites for hydroxylation is 1. The number of nitrogens with one attached hydrogen (secondary N) is 3. The lowest BCUT2D eigenvalue weighted by Gasteiger charge is -2.18. The lowest BCUT2D eigenvalue weighted by Crippen LogP contribution is -2.39. The molecule has 1 aromatic rings. The number of carbonyl (C=O) groups excluding carboxylic acids is 1. The molecule has 1 fully saturated rings. The van der Waals surface area contributed by atoms with E-state index in [9.17, 15) is 4.79 Å². The number of nitrogens with zero attached hydrogens (tertiary/aromatic N) is 3. The van der Waals surface area contributed by atoms with E-state index in [1.165, 1.54) is 6.33 Å². The van der Waals surface area contributed by atoms with Crippen LogP contribution in [0.2, 0.25) is 0 Å². The Kier molecular flexibility index (Phi) is 5.77. The van der Waals surface area contributed by atoms with Crippen LogP contribution in [0.25, 0.3) is 0 Å². The topological polar surface area (TPSA) is 85.9 Å². The second-order valence-corrected chi connectivity index (χ2v) is 4.77. The highest BCUT2D eigenvalue weighted by atomic mass is 16.2. The van der Waals surface area contributed by atoms with Gasteiger partial charge in [-0.15, -0.1) is 0 Å². The Morgan fingerprint density at radius 3 is 3.21 bits per heavy atom. The SMILES string of the molecule is O=C(CN1CCCNCC1)NCCCc1ncn[nH]1. The summed E-state index contributed by atoms with van der Waals surface area (Å²) < 4.78 is 0. The predicted molar refractivity (Wildman–Crippen MR) is 71.6 cm³/mol. The molecule has 0 atom stereocenters. The van der Waals surface area contributed by atoms with Gasteiger partial charge in [0, 0.05) is 26.1 Å². The first-order valence-corrected chi connectivity index (χ1v) is 6.88. The van der Waals surface area contributed by atoms with Gasteiger partial charge in [-0.2, -0.15) is 5.10 Å². The molecule has 1 saturated heterocycles. The van der Waals surface area contributed by atoms with Crippen molar-refractivity contribution < 1.29 is 4.79 Å². The summed E-state index contributed by atoms with van der Waals surface area (Å²) >= 11 is 0. The van der Waals surface area contributed by atoms with E-state index < -0.39 is 0 Å². The van der Waals surface area contributed by atoms with Gasteiger partial charge in [0.2, 0.25) is 5.91 Å². The standard InChI is InChI=1S/C12H22N6O/c19-12(9-18-7-2-4-13-6-8-18)14-5-1-3-11-15-10-16-17-11/h10,13H,1-9H2,(H,14,19)(H,15,16,17). The number of carbonyl (C=O) groups is 1. The minimum Gasteiger partial charge on any atom is -0.355 e. The van der Waals surface area contributed by atoms with E-state index in [4.69, 9.17) is 0 Å². The monoisotopic (exact) mass is 266 g/mol. The van der Waals surface area contributed by atoms with E-state index in [1.807, 2.05) is 0 Å². The summed E-state index contributed by atoms with van der Waals surface area (Å²) in [4.78, 5) is 18.0. The summed E-state index contributed by atoms with van der Waals surface area (Å²) in [5.41, 5.74) is 0. The maximum atomic E-state index is 11.8. The van der Waals surface area contributed by atoms with Crippen molar-refractivity contribution in [2.75, 3.05) is 39.3 Å². The van der Waals surface area contributed by atoms with E-state index in [0.29, 0.717) is 13.1 Å². The molecular formula is C12H22N6O. The molecule has 7 nitrogen and oxygen atoms in total. The number of hydrogen-bond acceptors (Lipinski definition) is 5. The van der Waals surface area contributed by atoms with E-state index in [0.717, 1.165) is 51.3 Å². The van der Waals surface area contributed by atoms with Crippen LogP contribution in [0.5, 0.6) is 0 Å².